The van der Waals surface area contributed by atoms with Gasteiger partial charge in [0.15, 0.2) is 0 Å². The number of nitrogens with two attached hydrogens (primary N) is 1. The van der Waals surface area contributed by atoms with Crippen LogP contribution >= 0.6 is 11.3 Å². The van der Waals surface area contributed by atoms with Crippen molar-refractivity contribution in [3.8, 4) is 0 Å². The molecule has 0 saturated carbocycles. The second-order valence-corrected chi connectivity index (χ2v) is 5.51. The van der Waals surface area contributed by atoms with E-state index < -0.39 is 0 Å². The Labute approximate surface area is 112 Å². The number of aromatic nitrogens is 1. The largest absolute Gasteiger partial charge is 0.399 e. The van der Waals surface area contributed by atoms with E-state index >= 15 is 0 Å². The molecule has 0 radical (unpaired) electrons. The minimum absolute atomic E-state index is 0.285. The summed E-state index contributed by atoms with van der Waals surface area (Å²) >= 11 is 1.78. The predicted octanol–water partition coefficient (Wildman–Crippen LogP) is 3.14. The van der Waals surface area contributed by atoms with E-state index in [9.17, 15) is 0 Å². The Kier molecular flexibility index (Phi) is 4.33. The summed E-state index contributed by atoms with van der Waals surface area (Å²) in [7, 11) is 0. The van der Waals surface area contributed by atoms with Crippen LogP contribution in [-0.4, -0.2) is 4.98 Å². The average molecular weight is 261 g/mol. The van der Waals surface area contributed by atoms with Crippen molar-refractivity contribution in [3.05, 3.63) is 45.9 Å². The fourth-order valence-electron chi connectivity index (χ4n) is 1.68. The summed E-state index contributed by atoms with van der Waals surface area (Å²) in [6.45, 7) is 5.14. The smallest absolute Gasteiger partial charge is 0.109 e. The molecule has 0 spiro atoms. The van der Waals surface area contributed by atoms with Crippen LogP contribution in [0.4, 0.5) is 5.69 Å². The fraction of sp³-hybridized carbons (Fsp3) is 0.357. The van der Waals surface area contributed by atoms with Crippen LogP contribution in [0, 0.1) is 0 Å². The molecule has 1 heterocycles. The molecular weight excluding hydrogens is 242 g/mol. The minimum Gasteiger partial charge on any atom is -0.399 e. The maximum atomic E-state index is 5.66. The Morgan fingerprint density at radius 2 is 2.06 bits per heavy atom. The van der Waals surface area contributed by atoms with Crippen molar-refractivity contribution in [2.75, 3.05) is 5.73 Å². The fourth-order valence-corrected chi connectivity index (χ4v) is 2.56. The lowest BCUT2D eigenvalue weighted by Crippen LogP contribution is -2.17. The molecule has 2 rings (SSSR count). The highest BCUT2D eigenvalue weighted by Crippen LogP contribution is 2.20. The first-order valence-corrected chi connectivity index (χ1v) is 7.03. The number of nitrogens with zero attached hydrogens (tertiary/aromatic N) is 1. The first kappa shape index (κ1) is 13.1. The standard InChI is InChI=1S/C14H19N3S/c1-3-13-9-17-14(18-13)10(2)16-8-11-4-6-12(15)7-5-11/h4-7,9-10,16H,3,8,15H2,1-2H3. The molecule has 3 N–H and O–H groups in total. The zero-order valence-corrected chi connectivity index (χ0v) is 11.6. The van der Waals surface area contributed by atoms with Gasteiger partial charge in [0.1, 0.15) is 5.01 Å². The molecule has 0 aliphatic carbocycles. The van der Waals surface area contributed by atoms with E-state index in [-0.39, 0.29) is 6.04 Å². The van der Waals surface area contributed by atoms with Gasteiger partial charge in [-0.2, -0.15) is 0 Å². The SMILES string of the molecule is CCc1cnc(C(C)NCc2ccc(N)cc2)s1. The van der Waals surface area contributed by atoms with E-state index in [1.165, 1.54) is 10.4 Å². The molecule has 0 saturated heterocycles. The maximum absolute atomic E-state index is 5.66. The molecule has 0 aliphatic heterocycles. The predicted molar refractivity (Wildman–Crippen MR) is 77.6 cm³/mol. The zero-order chi connectivity index (χ0) is 13.0. The van der Waals surface area contributed by atoms with Crippen LogP contribution in [0.15, 0.2) is 30.5 Å². The normalized spacial score (nSPS) is 12.6. The number of hydrogen-bond acceptors (Lipinski definition) is 4. The van der Waals surface area contributed by atoms with Crippen molar-refractivity contribution >= 4 is 17.0 Å². The third-order valence-electron chi connectivity index (χ3n) is 2.88. The monoisotopic (exact) mass is 261 g/mol. The number of nitrogens with one attached hydrogen (secondary N) is 1. The molecule has 0 fully saturated rings. The van der Waals surface area contributed by atoms with Gasteiger partial charge in [0.25, 0.3) is 0 Å². The van der Waals surface area contributed by atoms with Gasteiger partial charge in [0.05, 0.1) is 6.04 Å². The number of hydrogen-bond donors (Lipinski definition) is 2. The van der Waals surface area contributed by atoms with E-state index in [0.29, 0.717) is 0 Å². The molecule has 18 heavy (non-hydrogen) atoms. The van der Waals surface area contributed by atoms with Crippen molar-refractivity contribution in [1.82, 2.24) is 10.3 Å². The van der Waals surface area contributed by atoms with Crippen molar-refractivity contribution in [2.24, 2.45) is 0 Å². The minimum atomic E-state index is 0.285. The average Bonchev–Trinajstić information content (AvgIpc) is 2.86. The number of nitrogen functional groups attached to an aromatic ring is 1. The Hall–Kier alpha value is -1.39. The topological polar surface area (TPSA) is 50.9 Å². The quantitative estimate of drug-likeness (QED) is 0.813. The summed E-state index contributed by atoms with van der Waals surface area (Å²) in [5.41, 5.74) is 7.71. The van der Waals surface area contributed by atoms with Crippen molar-refractivity contribution in [1.29, 1.82) is 0 Å². The maximum Gasteiger partial charge on any atom is 0.109 e. The summed E-state index contributed by atoms with van der Waals surface area (Å²) in [6.07, 6.45) is 3.03. The van der Waals surface area contributed by atoms with Crippen molar-refractivity contribution < 1.29 is 0 Å². The Morgan fingerprint density at radius 1 is 1.33 bits per heavy atom. The second-order valence-electron chi connectivity index (χ2n) is 4.36. The van der Waals surface area contributed by atoms with Crippen LogP contribution in [0.1, 0.15) is 35.3 Å². The molecule has 2 aromatic rings. The highest BCUT2D eigenvalue weighted by molar-refractivity contribution is 7.11. The summed E-state index contributed by atoms with van der Waals surface area (Å²) in [5, 5.41) is 4.63. The van der Waals surface area contributed by atoms with Gasteiger partial charge in [-0.1, -0.05) is 19.1 Å². The molecule has 1 atom stereocenters. The van der Waals surface area contributed by atoms with Gasteiger partial charge in [-0.15, -0.1) is 11.3 Å². The first-order valence-electron chi connectivity index (χ1n) is 6.21. The highest BCUT2D eigenvalue weighted by Gasteiger charge is 2.09. The zero-order valence-electron chi connectivity index (χ0n) is 10.8. The summed E-state index contributed by atoms with van der Waals surface area (Å²) in [6, 6.07) is 8.25. The van der Waals surface area contributed by atoms with Gasteiger partial charge in [-0.05, 0) is 31.0 Å². The summed E-state index contributed by atoms with van der Waals surface area (Å²) in [5.74, 6) is 0. The Balaban J connectivity index is 1.91. The second kappa shape index (κ2) is 5.98. The Bertz CT molecular complexity index is 490. The lowest BCUT2D eigenvalue weighted by molar-refractivity contribution is 0.572. The van der Waals surface area contributed by atoms with Gasteiger partial charge >= 0.3 is 0 Å². The third-order valence-corrected chi connectivity index (χ3v) is 4.21. The summed E-state index contributed by atoms with van der Waals surface area (Å²) < 4.78 is 0. The molecular formula is C14H19N3S. The van der Waals surface area contributed by atoms with Crippen LogP contribution < -0.4 is 11.1 Å². The van der Waals surface area contributed by atoms with Gasteiger partial charge in [0.2, 0.25) is 0 Å². The van der Waals surface area contributed by atoms with Crippen molar-refractivity contribution in [3.63, 3.8) is 0 Å². The molecule has 1 aromatic carbocycles. The first-order chi connectivity index (χ1) is 8.69. The molecule has 1 aromatic heterocycles. The molecule has 1 unspecified atom stereocenters. The number of anilines is 1. The van der Waals surface area contributed by atoms with Gasteiger partial charge in [-0.3, -0.25) is 0 Å². The lowest BCUT2D eigenvalue weighted by atomic mass is 10.2. The number of aryl methyl sites for hydroxylation is 1. The molecule has 4 heteroatoms. The van der Waals surface area contributed by atoms with Crippen LogP contribution in [-0.2, 0) is 13.0 Å². The number of benzene rings is 1. The van der Waals surface area contributed by atoms with Crippen LogP contribution in [0.3, 0.4) is 0 Å². The van der Waals surface area contributed by atoms with Crippen LogP contribution in [0.25, 0.3) is 0 Å². The molecule has 0 aliphatic rings. The summed E-state index contributed by atoms with van der Waals surface area (Å²) in [4.78, 5) is 5.79. The van der Waals surface area contributed by atoms with E-state index in [4.69, 9.17) is 5.73 Å². The highest BCUT2D eigenvalue weighted by atomic mass is 32.1. The molecule has 3 nitrogen and oxygen atoms in total. The van der Waals surface area contributed by atoms with Crippen LogP contribution in [0.2, 0.25) is 0 Å². The number of rotatable bonds is 5. The van der Waals surface area contributed by atoms with E-state index in [2.05, 4.69) is 24.1 Å². The third kappa shape index (κ3) is 3.31. The molecule has 0 bridgehead atoms. The van der Waals surface area contributed by atoms with Gasteiger partial charge < -0.3 is 11.1 Å². The molecule has 0 amide bonds. The van der Waals surface area contributed by atoms with Crippen LogP contribution in [0.5, 0.6) is 0 Å². The van der Waals surface area contributed by atoms with E-state index in [0.717, 1.165) is 23.7 Å². The molecule has 96 valence electrons. The van der Waals surface area contributed by atoms with E-state index in [1.807, 2.05) is 30.5 Å². The Morgan fingerprint density at radius 3 is 2.67 bits per heavy atom. The van der Waals surface area contributed by atoms with Gasteiger partial charge in [0, 0.05) is 23.3 Å². The number of thiazole rings is 1. The van der Waals surface area contributed by atoms with E-state index in [1.54, 1.807) is 11.3 Å². The van der Waals surface area contributed by atoms with Crippen molar-refractivity contribution in [2.45, 2.75) is 32.9 Å². The lowest BCUT2D eigenvalue weighted by Gasteiger charge is -2.11. The van der Waals surface area contributed by atoms with Gasteiger partial charge in [-0.25, -0.2) is 4.98 Å².